The van der Waals surface area contributed by atoms with Gasteiger partial charge in [0.25, 0.3) is 47.3 Å². The van der Waals surface area contributed by atoms with E-state index < -0.39 is 47.3 Å². The molecule has 4 heterocycles. The Hall–Kier alpha value is -7.60. The van der Waals surface area contributed by atoms with Gasteiger partial charge < -0.3 is 0 Å². The molecule has 4 aliphatic heterocycles. The fraction of sp³-hybridized carbons (Fsp3) is 0.167. The zero-order valence-electron chi connectivity index (χ0n) is 32.0. The molecule has 0 spiro atoms. The van der Waals surface area contributed by atoms with E-state index >= 15 is 0 Å². The van der Waals surface area contributed by atoms with Crippen molar-refractivity contribution in [2.24, 2.45) is 11.8 Å². The lowest BCUT2D eigenvalue weighted by atomic mass is 9.66. The van der Waals surface area contributed by atoms with E-state index in [0.29, 0.717) is 22.7 Å². The highest BCUT2D eigenvalue weighted by atomic mass is 16.2. The number of anilines is 4. The van der Waals surface area contributed by atoms with Crippen LogP contribution in [0.1, 0.15) is 59.8 Å². The minimum atomic E-state index is -0.400. The lowest BCUT2D eigenvalue weighted by molar-refractivity contribution is -0.121. The Bertz CT molecular complexity index is 2190. The first-order chi connectivity index (χ1) is 29.0. The highest BCUT2D eigenvalue weighted by molar-refractivity contribution is 6.30. The van der Waals surface area contributed by atoms with E-state index in [9.17, 15) is 38.4 Å². The van der Waals surface area contributed by atoms with Gasteiger partial charge in [0.2, 0.25) is 0 Å². The Kier molecular flexibility index (Phi) is 9.67. The summed E-state index contributed by atoms with van der Waals surface area (Å²) < 4.78 is 0. The van der Waals surface area contributed by atoms with Crippen molar-refractivity contribution in [3.05, 3.63) is 168 Å². The average Bonchev–Trinajstić information content (AvgIpc) is 4.00. The van der Waals surface area contributed by atoms with Crippen LogP contribution < -0.4 is 19.6 Å². The molecule has 9 rings (SSSR count). The fourth-order valence-electron chi connectivity index (χ4n) is 9.23. The van der Waals surface area contributed by atoms with Crippen LogP contribution in [0.5, 0.6) is 0 Å². The van der Waals surface area contributed by atoms with Gasteiger partial charge in [0.1, 0.15) is 0 Å². The lowest BCUT2D eigenvalue weighted by Crippen LogP contribution is -2.30. The van der Waals surface area contributed by atoms with Crippen molar-refractivity contribution in [1.29, 1.82) is 0 Å². The van der Waals surface area contributed by atoms with Crippen LogP contribution >= 0.6 is 0 Å². The monoisotopic (exact) mass is 796 g/mol. The molecule has 0 aromatic heterocycles. The van der Waals surface area contributed by atoms with Crippen LogP contribution in [-0.2, 0) is 38.4 Å². The van der Waals surface area contributed by atoms with Crippen LogP contribution in [0.15, 0.2) is 146 Å². The summed E-state index contributed by atoms with van der Waals surface area (Å²) in [6, 6.07) is 29.8. The van der Waals surface area contributed by atoms with Crippen LogP contribution in [-0.4, -0.2) is 47.3 Å². The zero-order valence-corrected chi connectivity index (χ0v) is 32.0. The number of imide groups is 4. The highest BCUT2D eigenvalue weighted by Gasteiger charge is 2.36. The molecule has 0 atom stereocenters. The molecule has 4 aromatic rings. The Morgan fingerprint density at radius 3 is 0.617 bits per heavy atom. The molecular formula is C48H36N4O8. The van der Waals surface area contributed by atoms with E-state index in [1.165, 1.54) is 48.6 Å². The number of carbonyl (C=O) groups excluding carboxylic acids is 8. The highest BCUT2D eigenvalue weighted by Crippen LogP contribution is 2.48. The van der Waals surface area contributed by atoms with Gasteiger partial charge >= 0.3 is 0 Å². The second-order valence-corrected chi connectivity index (χ2v) is 15.4. The van der Waals surface area contributed by atoms with E-state index in [1.54, 1.807) is 48.5 Å². The largest absolute Gasteiger partial charge is 0.269 e. The standard InChI is InChI=1S/C48H36N4O8/c53-39-21-22-40(54)49(39)35-13-5-31(6-14-35)47(32-7-15-36(16-8-32)50-41(55)23-24-42(50)56)29-1-2-30(4-3-29)48(33-9-17-37(18-10-33)51-43(57)25-26-44(51)58)34-11-19-38(20-12-34)52-45(59)27-28-46(52)60/h5-30,47-48H,1-4H2. The SMILES string of the molecule is O=C1C=CC(=O)N1c1ccc(C(c2ccc(N3C(=O)C=CC3=O)cc2)C2CCC(C(c3ccc(N4C(=O)C=CC4=O)cc3)c3ccc(N4C(=O)C=CC4=O)cc3)CC2)cc1. The van der Waals surface area contributed by atoms with Gasteiger partial charge in [0.05, 0.1) is 22.7 Å². The summed E-state index contributed by atoms with van der Waals surface area (Å²) >= 11 is 0. The van der Waals surface area contributed by atoms with Crippen molar-refractivity contribution in [2.45, 2.75) is 37.5 Å². The maximum absolute atomic E-state index is 12.5. The predicted octanol–water partition coefficient (Wildman–Crippen LogP) is 6.17. The summed E-state index contributed by atoms with van der Waals surface area (Å²) in [5.74, 6) is -3.09. The molecule has 5 aliphatic rings. The van der Waals surface area contributed by atoms with Gasteiger partial charge in [-0.3, -0.25) is 38.4 Å². The van der Waals surface area contributed by atoms with Crippen molar-refractivity contribution in [3.8, 4) is 0 Å². The maximum Gasteiger partial charge on any atom is 0.258 e. The van der Waals surface area contributed by atoms with Crippen LogP contribution in [0, 0.1) is 11.8 Å². The zero-order chi connectivity index (χ0) is 41.7. The second-order valence-electron chi connectivity index (χ2n) is 15.4. The normalized spacial score (nSPS) is 20.2. The van der Waals surface area contributed by atoms with Crippen molar-refractivity contribution < 1.29 is 38.4 Å². The third kappa shape index (κ3) is 6.81. The Morgan fingerprint density at radius 1 is 0.283 bits per heavy atom. The molecule has 0 bridgehead atoms. The van der Waals surface area contributed by atoms with E-state index in [-0.39, 0.29) is 23.7 Å². The van der Waals surface area contributed by atoms with Gasteiger partial charge in [0, 0.05) is 60.4 Å². The van der Waals surface area contributed by atoms with Gasteiger partial charge in [-0.2, -0.15) is 0 Å². The van der Waals surface area contributed by atoms with Crippen molar-refractivity contribution >= 4 is 70.0 Å². The summed E-state index contributed by atoms with van der Waals surface area (Å²) in [5.41, 5.74) is 5.83. The number of amides is 8. The Balaban J connectivity index is 1.02. The molecule has 1 saturated carbocycles. The molecule has 1 aliphatic carbocycles. The summed E-state index contributed by atoms with van der Waals surface area (Å²) in [6.07, 6.45) is 13.3. The molecule has 60 heavy (non-hydrogen) atoms. The maximum atomic E-state index is 12.5. The minimum Gasteiger partial charge on any atom is -0.269 e. The first kappa shape index (κ1) is 37.9. The van der Waals surface area contributed by atoms with Crippen LogP contribution in [0.25, 0.3) is 0 Å². The number of carbonyl (C=O) groups is 8. The number of benzene rings is 4. The van der Waals surface area contributed by atoms with Gasteiger partial charge in [-0.15, -0.1) is 0 Å². The topological polar surface area (TPSA) is 150 Å². The predicted molar refractivity (Wildman–Crippen MR) is 221 cm³/mol. The summed E-state index contributed by atoms with van der Waals surface area (Å²) in [5, 5.41) is 0. The minimum absolute atomic E-state index is 0.106. The third-order valence-corrected chi connectivity index (χ3v) is 12.0. The molecule has 296 valence electrons. The van der Waals surface area contributed by atoms with Crippen molar-refractivity contribution in [2.75, 3.05) is 19.6 Å². The lowest BCUT2D eigenvalue weighted by Gasteiger charge is -2.38. The van der Waals surface area contributed by atoms with Gasteiger partial charge in [-0.05, 0) is 108 Å². The summed E-state index contributed by atoms with van der Waals surface area (Å²) in [4.78, 5) is 104. The van der Waals surface area contributed by atoms with E-state index in [1.807, 2.05) is 48.5 Å². The van der Waals surface area contributed by atoms with Gasteiger partial charge in [0.15, 0.2) is 0 Å². The van der Waals surface area contributed by atoms with E-state index in [0.717, 1.165) is 67.5 Å². The molecule has 0 unspecified atom stereocenters. The van der Waals surface area contributed by atoms with Crippen LogP contribution in [0.2, 0.25) is 0 Å². The molecule has 1 fully saturated rings. The second kappa shape index (κ2) is 15.3. The summed E-state index contributed by atoms with van der Waals surface area (Å²) in [6.45, 7) is 0. The molecule has 0 saturated heterocycles. The molecule has 0 radical (unpaired) electrons. The molecular weight excluding hydrogens is 761 g/mol. The first-order valence-corrected chi connectivity index (χ1v) is 19.7. The molecule has 0 N–H and O–H groups in total. The van der Waals surface area contributed by atoms with Gasteiger partial charge in [-0.1, -0.05) is 48.5 Å². The Morgan fingerprint density at radius 2 is 0.450 bits per heavy atom. The fourth-order valence-corrected chi connectivity index (χ4v) is 9.23. The van der Waals surface area contributed by atoms with Gasteiger partial charge in [-0.25, -0.2) is 19.6 Å². The molecule has 12 nitrogen and oxygen atoms in total. The van der Waals surface area contributed by atoms with Crippen molar-refractivity contribution in [3.63, 3.8) is 0 Å². The number of hydrogen-bond donors (Lipinski definition) is 0. The molecule has 4 aromatic carbocycles. The van der Waals surface area contributed by atoms with Crippen molar-refractivity contribution in [1.82, 2.24) is 0 Å². The van der Waals surface area contributed by atoms with E-state index in [4.69, 9.17) is 0 Å². The number of rotatable bonds is 10. The molecule has 8 amide bonds. The first-order valence-electron chi connectivity index (χ1n) is 19.7. The average molecular weight is 797 g/mol. The summed E-state index contributed by atoms with van der Waals surface area (Å²) in [7, 11) is 0. The smallest absolute Gasteiger partial charge is 0.258 e. The van der Waals surface area contributed by atoms with E-state index in [2.05, 4.69) is 0 Å². The van der Waals surface area contributed by atoms with Crippen LogP contribution in [0.4, 0.5) is 22.7 Å². The molecule has 12 heteroatoms. The van der Waals surface area contributed by atoms with Crippen LogP contribution in [0.3, 0.4) is 0 Å². The third-order valence-electron chi connectivity index (χ3n) is 12.0. The number of nitrogens with zero attached hydrogens (tertiary/aromatic N) is 4. The Labute approximate surface area is 344 Å². The quantitative estimate of drug-likeness (QED) is 0.173. The number of hydrogen-bond acceptors (Lipinski definition) is 8.